The number of hydrogen-bond acceptors (Lipinski definition) is 7. The summed E-state index contributed by atoms with van der Waals surface area (Å²) in [5.74, 6) is 1.29. The molecule has 0 radical (unpaired) electrons. The van der Waals surface area contributed by atoms with Crippen molar-refractivity contribution in [3.63, 3.8) is 0 Å². The van der Waals surface area contributed by atoms with Crippen molar-refractivity contribution in [2.45, 2.75) is 19.9 Å². The molecule has 2 aromatic rings. The first-order chi connectivity index (χ1) is 10.2. The number of fused-ring (bicyclic) bond motifs is 1. The number of nitrogens with zero attached hydrogens (tertiary/aromatic N) is 3. The SMILES string of the molecule is CCCNc1nc(CN2C(=O)CSC2=O)nc2sccc12. The largest absolute Gasteiger partial charge is 0.369 e. The van der Waals surface area contributed by atoms with E-state index in [1.807, 2.05) is 11.4 Å². The van der Waals surface area contributed by atoms with Crippen LogP contribution in [0.2, 0.25) is 0 Å². The first kappa shape index (κ1) is 14.3. The van der Waals surface area contributed by atoms with E-state index in [1.54, 1.807) is 0 Å². The van der Waals surface area contributed by atoms with Crippen molar-refractivity contribution in [3.05, 3.63) is 17.3 Å². The second-order valence-electron chi connectivity index (χ2n) is 4.59. The van der Waals surface area contributed by atoms with Crippen molar-refractivity contribution in [3.8, 4) is 0 Å². The number of carbonyl (C=O) groups is 2. The Balaban J connectivity index is 1.91. The fraction of sp³-hybridized carbons (Fsp3) is 0.385. The van der Waals surface area contributed by atoms with Crippen LogP contribution in [0.3, 0.4) is 0 Å². The molecular formula is C13H14N4O2S2. The lowest BCUT2D eigenvalue weighted by Crippen LogP contribution is -2.29. The first-order valence-corrected chi connectivity index (χ1v) is 8.50. The smallest absolute Gasteiger partial charge is 0.289 e. The zero-order valence-electron chi connectivity index (χ0n) is 11.5. The molecule has 0 saturated carbocycles. The molecule has 21 heavy (non-hydrogen) atoms. The quantitative estimate of drug-likeness (QED) is 0.912. The van der Waals surface area contributed by atoms with E-state index < -0.39 is 0 Å². The van der Waals surface area contributed by atoms with Crippen molar-refractivity contribution in [1.82, 2.24) is 14.9 Å². The van der Waals surface area contributed by atoms with Gasteiger partial charge in [0.05, 0.1) is 17.7 Å². The van der Waals surface area contributed by atoms with Crippen molar-refractivity contribution in [2.24, 2.45) is 0 Å². The van der Waals surface area contributed by atoms with Gasteiger partial charge in [0.15, 0.2) is 5.82 Å². The van der Waals surface area contributed by atoms with Gasteiger partial charge in [-0.25, -0.2) is 9.97 Å². The van der Waals surface area contributed by atoms with Gasteiger partial charge in [0.2, 0.25) is 5.91 Å². The number of hydrogen-bond donors (Lipinski definition) is 1. The first-order valence-electron chi connectivity index (χ1n) is 6.64. The van der Waals surface area contributed by atoms with Crippen LogP contribution in [-0.2, 0) is 11.3 Å². The summed E-state index contributed by atoms with van der Waals surface area (Å²) >= 11 is 2.55. The molecule has 3 rings (SSSR count). The lowest BCUT2D eigenvalue weighted by Gasteiger charge is -2.13. The number of thioether (sulfide) groups is 1. The maximum atomic E-state index is 11.7. The Morgan fingerprint density at radius 3 is 2.95 bits per heavy atom. The van der Waals surface area contributed by atoms with Gasteiger partial charge in [0, 0.05) is 6.54 Å². The normalized spacial score (nSPS) is 15.2. The second-order valence-corrected chi connectivity index (χ2v) is 6.41. The Morgan fingerprint density at radius 2 is 2.24 bits per heavy atom. The summed E-state index contributed by atoms with van der Waals surface area (Å²) in [5, 5.41) is 5.99. The average Bonchev–Trinajstić information content (AvgIpc) is 3.06. The molecule has 0 unspecified atom stereocenters. The van der Waals surface area contributed by atoms with E-state index in [9.17, 15) is 9.59 Å². The zero-order valence-corrected chi connectivity index (χ0v) is 13.1. The van der Waals surface area contributed by atoms with E-state index in [-0.39, 0.29) is 23.4 Å². The highest BCUT2D eigenvalue weighted by Gasteiger charge is 2.30. The number of aromatic nitrogens is 2. The standard InChI is InChI=1S/C13H14N4O2S2/c1-2-4-14-11-8-3-5-20-12(8)16-9(15-11)6-17-10(18)7-21-13(17)19/h3,5H,2,4,6-7H2,1H3,(H,14,15,16). The van der Waals surface area contributed by atoms with Gasteiger partial charge in [0.1, 0.15) is 10.6 Å². The van der Waals surface area contributed by atoms with Crippen LogP contribution in [0.1, 0.15) is 19.2 Å². The molecule has 2 aromatic heterocycles. The highest BCUT2D eigenvalue weighted by Crippen LogP contribution is 2.26. The summed E-state index contributed by atoms with van der Waals surface area (Å²) in [4.78, 5) is 34.3. The number of anilines is 1. The average molecular weight is 322 g/mol. The lowest BCUT2D eigenvalue weighted by atomic mass is 10.3. The predicted octanol–water partition coefficient (Wildman–Crippen LogP) is 2.71. The molecule has 8 heteroatoms. The highest BCUT2D eigenvalue weighted by atomic mass is 32.2. The van der Waals surface area contributed by atoms with Crippen LogP contribution in [0.25, 0.3) is 10.2 Å². The summed E-state index contributed by atoms with van der Waals surface area (Å²) in [6, 6.07) is 1.98. The molecule has 3 heterocycles. The molecule has 1 N–H and O–H groups in total. The molecule has 1 aliphatic rings. The second kappa shape index (κ2) is 5.98. The van der Waals surface area contributed by atoms with Gasteiger partial charge in [-0.05, 0) is 17.9 Å². The minimum atomic E-state index is -0.224. The van der Waals surface area contributed by atoms with Crippen LogP contribution >= 0.6 is 23.1 Å². The van der Waals surface area contributed by atoms with Gasteiger partial charge < -0.3 is 5.32 Å². The van der Waals surface area contributed by atoms with E-state index in [0.717, 1.165) is 40.8 Å². The van der Waals surface area contributed by atoms with Crippen molar-refractivity contribution < 1.29 is 9.59 Å². The summed E-state index contributed by atoms with van der Waals surface area (Å²) in [7, 11) is 0. The number of amides is 2. The highest BCUT2D eigenvalue weighted by molar-refractivity contribution is 8.14. The summed E-state index contributed by atoms with van der Waals surface area (Å²) in [6.45, 7) is 3.04. The molecule has 1 aliphatic heterocycles. The zero-order chi connectivity index (χ0) is 14.8. The summed E-state index contributed by atoms with van der Waals surface area (Å²) < 4.78 is 0. The molecule has 0 aromatic carbocycles. The monoisotopic (exact) mass is 322 g/mol. The van der Waals surface area contributed by atoms with Gasteiger partial charge in [0.25, 0.3) is 5.24 Å². The molecule has 1 fully saturated rings. The van der Waals surface area contributed by atoms with E-state index in [4.69, 9.17) is 0 Å². The number of carbonyl (C=O) groups excluding carboxylic acids is 2. The van der Waals surface area contributed by atoms with Crippen LogP contribution in [0.15, 0.2) is 11.4 Å². The lowest BCUT2D eigenvalue weighted by molar-refractivity contribution is -0.125. The van der Waals surface area contributed by atoms with E-state index in [0.29, 0.717) is 5.82 Å². The predicted molar refractivity (Wildman–Crippen MR) is 84.6 cm³/mol. The van der Waals surface area contributed by atoms with Gasteiger partial charge in [-0.1, -0.05) is 18.7 Å². The molecule has 6 nitrogen and oxygen atoms in total. The van der Waals surface area contributed by atoms with Crippen LogP contribution < -0.4 is 5.32 Å². The maximum absolute atomic E-state index is 11.7. The van der Waals surface area contributed by atoms with Gasteiger partial charge in [-0.15, -0.1) is 11.3 Å². The third-order valence-corrected chi connectivity index (χ3v) is 4.72. The third kappa shape index (κ3) is 2.86. The van der Waals surface area contributed by atoms with Crippen molar-refractivity contribution in [1.29, 1.82) is 0 Å². The molecule has 0 bridgehead atoms. The maximum Gasteiger partial charge on any atom is 0.289 e. The molecule has 0 aliphatic carbocycles. The molecule has 2 amide bonds. The van der Waals surface area contributed by atoms with Gasteiger partial charge in [-0.3, -0.25) is 14.5 Å². The molecule has 0 atom stereocenters. The fourth-order valence-electron chi connectivity index (χ4n) is 2.02. The van der Waals surface area contributed by atoms with Gasteiger partial charge in [-0.2, -0.15) is 0 Å². The van der Waals surface area contributed by atoms with E-state index >= 15 is 0 Å². The number of nitrogens with one attached hydrogen (secondary N) is 1. The van der Waals surface area contributed by atoms with Crippen LogP contribution in [0.4, 0.5) is 10.6 Å². The number of rotatable bonds is 5. The topological polar surface area (TPSA) is 75.2 Å². The van der Waals surface area contributed by atoms with Crippen LogP contribution in [-0.4, -0.2) is 38.3 Å². The van der Waals surface area contributed by atoms with Crippen molar-refractivity contribution >= 4 is 50.3 Å². The molecular weight excluding hydrogens is 308 g/mol. The van der Waals surface area contributed by atoms with Gasteiger partial charge >= 0.3 is 0 Å². The Kier molecular flexibility index (Phi) is 4.07. The summed E-state index contributed by atoms with van der Waals surface area (Å²) in [6.07, 6.45) is 0.991. The fourth-order valence-corrected chi connectivity index (χ4v) is 3.53. The third-order valence-electron chi connectivity index (χ3n) is 3.05. The molecule has 110 valence electrons. The van der Waals surface area contributed by atoms with E-state index in [1.165, 1.54) is 16.2 Å². The Labute approximate surface area is 129 Å². The number of thiophene rings is 1. The summed E-state index contributed by atoms with van der Waals surface area (Å²) in [5.41, 5.74) is 0. The Morgan fingerprint density at radius 1 is 1.38 bits per heavy atom. The Hall–Kier alpha value is -1.67. The minimum absolute atomic E-state index is 0.138. The van der Waals surface area contributed by atoms with E-state index in [2.05, 4.69) is 22.2 Å². The number of imide groups is 1. The van der Waals surface area contributed by atoms with Crippen LogP contribution in [0.5, 0.6) is 0 Å². The molecule has 0 spiro atoms. The minimum Gasteiger partial charge on any atom is -0.369 e. The van der Waals surface area contributed by atoms with Crippen LogP contribution in [0, 0.1) is 0 Å². The Bertz CT molecular complexity index is 685. The van der Waals surface area contributed by atoms with Crippen molar-refractivity contribution in [2.75, 3.05) is 17.6 Å². The molecule has 1 saturated heterocycles.